The lowest BCUT2D eigenvalue weighted by atomic mass is 9.85. The van der Waals surface area contributed by atoms with E-state index in [4.69, 9.17) is 0 Å². The van der Waals surface area contributed by atoms with Gasteiger partial charge in [-0.05, 0) is 30.4 Å². The Morgan fingerprint density at radius 3 is 2.40 bits per heavy atom. The molecule has 0 aromatic heterocycles. The van der Waals surface area contributed by atoms with E-state index in [0.29, 0.717) is 24.8 Å². The highest BCUT2D eigenvalue weighted by atomic mass is 16.1. The molecule has 1 amide bonds. The van der Waals surface area contributed by atoms with E-state index in [1.54, 1.807) is 0 Å². The van der Waals surface area contributed by atoms with Crippen LogP contribution in [-0.4, -0.2) is 25.5 Å². The SMILES string of the molecule is CCCNCCNC(=O)CC(c1ccccc1)C(C)C. The molecule has 20 heavy (non-hydrogen) atoms. The summed E-state index contributed by atoms with van der Waals surface area (Å²) in [6.07, 6.45) is 1.69. The zero-order chi connectivity index (χ0) is 14.8. The number of carbonyl (C=O) groups is 1. The van der Waals surface area contributed by atoms with Crippen molar-refractivity contribution in [3.05, 3.63) is 35.9 Å². The first kappa shape index (κ1) is 16.7. The first-order valence-corrected chi connectivity index (χ1v) is 7.67. The lowest BCUT2D eigenvalue weighted by Crippen LogP contribution is -2.33. The van der Waals surface area contributed by atoms with Gasteiger partial charge >= 0.3 is 0 Å². The van der Waals surface area contributed by atoms with Crippen LogP contribution < -0.4 is 10.6 Å². The van der Waals surface area contributed by atoms with Gasteiger partial charge in [0.2, 0.25) is 5.91 Å². The van der Waals surface area contributed by atoms with E-state index >= 15 is 0 Å². The maximum Gasteiger partial charge on any atom is 0.220 e. The lowest BCUT2D eigenvalue weighted by Gasteiger charge is -2.21. The molecule has 3 nitrogen and oxygen atoms in total. The Morgan fingerprint density at radius 1 is 1.10 bits per heavy atom. The van der Waals surface area contributed by atoms with Crippen molar-refractivity contribution in [2.24, 2.45) is 5.92 Å². The second-order valence-electron chi connectivity index (χ2n) is 5.57. The zero-order valence-corrected chi connectivity index (χ0v) is 13.0. The summed E-state index contributed by atoms with van der Waals surface area (Å²) in [5.41, 5.74) is 1.25. The second-order valence-corrected chi connectivity index (χ2v) is 5.57. The van der Waals surface area contributed by atoms with E-state index in [2.05, 4.69) is 43.5 Å². The predicted octanol–water partition coefficient (Wildman–Crippen LogP) is 2.93. The summed E-state index contributed by atoms with van der Waals surface area (Å²) < 4.78 is 0. The van der Waals surface area contributed by atoms with Gasteiger partial charge in [-0.3, -0.25) is 4.79 Å². The van der Waals surface area contributed by atoms with E-state index in [1.807, 2.05) is 18.2 Å². The Balaban J connectivity index is 2.40. The van der Waals surface area contributed by atoms with Crippen molar-refractivity contribution in [3.63, 3.8) is 0 Å². The monoisotopic (exact) mass is 276 g/mol. The van der Waals surface area contributed by atoms with Crippen LogP contribution in [0.5, 0.6) is 0 Å². The standard InChI is InChI=1S/C17H28N2O/c1-4-10-18-11-12-19-17(20)13-16(14(2)3)15-8-6-5-7-9-15/h5-9,14,16,18H,4,10-13H2,1-3H3,(H,19,20). The molecule has 0 aliphatic heterocycles. The number of benzene rings is 1. The first-order chi connectivity index (χ1) is 9.65. The van der Waals surface area contributed by atoms with Crippen LogP contribution in [-0.2, 0) is 4.79 Å². The summed E-state index contributed by atoms with van der Waals surface area (Å²) in [6.45, 7) is 9.05. The minimum atomic E-state index is 0.144. The van der Waals surface area contributed by atoms with Gasteiger partial charge in [0.15, 0.2) is 0 Å². The average molecular weight is 276 g/mol. The highest BCUT2D eigenvalue weighted by Crippen LogP contribution is 2.27. The van der Waals surface area contributed by atoms with Crippen molar-refractivity contribution < 1.29 is 4.79 Å². The molecule has 0 saturated heterocycles. The van der Waals surface area contributed by atoms with E-state index in [9.17, 15) is 4.79 Å². The van der Waals surface area contributed by atoms with Crippen molar-refractivity contribution in [1.82, 2.24) is 10.6 Å². The van der Waals surface area contributed by atoms with Crippen molar-refractivity contribution in [2.45, 2.75) is 39.5 Å². The number of nitrogens with one attached hydrogen (secondary N) is 2. The summed E-state index contributed by atoms with van der Waals surface area (Å²) in [7, 11) is 0. The molecule has 3 heteroatoms. The molecule has 2 N–H and O–H groups in total. The van der Waals surface area contributed by atoms with Crippen LogP contribution in [0.3, 0.4) is 0 Å². The Labute approximate surface area is 123 Å². The molecule has 112 valence electrons. The summed E-state index contributed by atoms with van der Waals surface area (Å²) in [5.74, 6) is 0.895. The van der Waals surface area contributed by atoms with Gasteiger partial charge in [-0.25, -0.2) is 0 Å². The van der Waals surface area contributed by atoms with Gasteiger partial charge in [0, 0.05) is 19.5 Å². The minimum absolute atomic E-state index is 0.144. The van der Waals surface area contributed by atoms with Gasteiger partial charge in [-0.15, -0.1) is 0 Å². The van der Waals surface area contributed by atoms with E-state index in [1.165, 1.54) is 5.56 Å². The third-order valence-electron chi connectivity index (χ3n) is 3.49. The Kier molecular flexibility index (Phi) is 7.97. The quantitative estimate of drug-likeness (QED) is 0.681. The van der Waals surface area contributed by atoms with E-state index in [0.717, 1.165) is 19.5 Å². The molecule has 0 fully saturated rings. The van der Waals surface area contributed by atoms with Crippen LogP contribution in [0.2, 0.25) is 0 Å². The maximum absolute atomic E-state index is 12.0. The third kappa shape index (κ3) is 6.20. The first-order valence-electron chi connectivity index (χ1n) is 7.67. The molecule has 1 aromatic rings. The highest BCUT2D eigenvalue weighted by molar-refractivity contribution is 5.76. The molecule has 0 spiro atoms. The molecule has 1 rings (SSSR count). The number of amides is 1. The van der Waals surface area contributed by atoms with Crippen molar-refractivity contribution in [2.75, 3.05) is 19.6 Å². The number of hydrogen-bond acceptors (Lipinski definition) is 2. The smallest absolute Gasteiger partial charge is 0.220 e. The van der Waals surface area contributed by atoms with Gasteiger partial charge in [0.1, 0.15) is 0 Å². The molecule has 0 bridgehead atoms. The summed E-state index contributed by atoms with van der Waals surface area (Å²) in [6, 6.07) is 10.3. The second kappa shape index (κ2) is 9.54. The third-order valence-corrected chi connectivity index (χ3v) is 3.49. The minimum Gasteiger partial charge on any atom is -0.355 e. The van der Waals surface area contributed by atoms with E-state index < -0.39 is 0 Å². The Hall–Kier alpha value is -1.35. The van der Waals surface area contributed by atoms with Gasteiger partial charge < -0.3 is 10.6 Å². The highest BCUT2D eigenvalue weighted by Gasteiger charge is 2.19. The van der Waals surface area contributed by atoms with Crippen LogP contribution in [0, 0.1) is 5.92 Å². The predicted molar refractivity (Wildman–Crippen MR) is 84.8 cm³/mol. The molecule has 0 heterocycles. The molecule has 1 aromatic carbocycles. The van der Waals surface area contributed by atoms with Crippen LogP contribution >= 0.6 is 0 Å². The fourth-order valence-corrected chi connectivity index (χ4v) is 2.30. The maximum atomic E-state index is 12.0. The molecular weight excluding hydrogens is 248 g/mol. The fourth-order valence-electron chi connectivity index (χ4n) is 2.30. The van der Waals surface area contributed by atoms with Gasteiger partial charge in [0.25, 0.3) is 0 Å². The topological polar surface area (TPSA) is 41.1 Å². The van der Waals surface area contributed by atoms with Crippen LogP contribution in [0.4, 0.5) is 0 Å². The average Bonchev–Trinajstić information content (AvgIpc) is 2.45. The molecule has 1 unspecified atom stereocenters. The Bertz CT molecular complexity index is 376. The lowest BCUT2D eigenvalue weighted by molar-refractivity contribution is -0.121. The zero-order valence-electron chi connectivity index (χ0n) is 13.0. The normalized spacial score (nSPS) is 12.4. The van der Waals surface area contributed by atoms with Crippen LogP contribution in [0.15, 0.2) is 30.3 Å². The number of hydrogen-bond donors (Lipinski definition) is 2. The van der Waals surface area contributed by atoms with Crippen molar-refractivity contribution >= 4 is 5.91 Å². The molecule has 0 aliphatic carbocycles. The number of carbonyl (C=O) groups excluding carboxylic acids is 1. The van der Waals surface area contributed by atoms with Gasteiger partial charge in [-0.1, -0.05) is 51.1 Å². The van der Waals surface area contributed by atoms with Crippen molar-refractivity contribution in [1.29, 1.82) is 0 Å². The molecule has 0 saturated carbocycles. The molecule has 0 radical (unpaired) electrons. The fraction of sp³-hybridized carbons (Fsp3) is 0.588. The molecule has 1 atom stereocenters. The van der Waals surface area contributed by atoms with Gasteiger partial charge in [0.05, 0.1) is 0 Å². The summed E-state index contributed by atoms with van der Waals surface area (Å²) >= 11 is 0. The van der Waals surface area contributed by atoms with Crippen LogP contribution in [0.25, 0.3) is 0 Å². The van der Waals surface area contributed by atoms with Crippen molar-refractivity contribution in [3.8, 4) is 0 Å². The van der Waals surface area contributed by atoms with Crippen LogP contribution in [0.1, 0.15) is 45.1 Å². The summed E-state index contributed by atoms with van der Waals surface area (Å²) in [4.78, 5) is 12.0. The summed E-state index contributed by atoms with van der Waals surface area (Å²) in [5, 5.41) is 6.28. The van der Waals surface area contributed by atoms with Gasteiger partial charge in [-0.2, -0.15) is 0 Å². The number of rotatable bonds is 9. The van der Waals surface area contributed by atoms with E-state index in [-0.39, 0.29) is 5.91 Å². The molecule has 0 aliphatic rings. The Morgan fingerprint density at radius 2 is 1.80 bits per heavy atom. The largest absolute Gasteiger partial charge is 0.355 e. The molecular formula is C17H28N2O.